The van der Waals surface area contributed by atoms with Gasteiger partial charge in [-0.1, -0.05) is 11.6 Å². The van der Waals surface area contributed by atoms with Gasteiger partial charge in [-0.2, -0.15) is 0 Å². The molecule has 0 heterocycles. The second-order valence-corrected chi connectivity index (χ2v) is 5.07. The first-order chi connectivity index (χ1) is 8.60. The zero-order valence-corrected chi connectivity index (χ0v) is 11.2. The smallest absolute Gasteiger partial charge is 0.412 e. The second kappa shape index (κ2) is 5.40. The predicted molar refractivity (Wildman–Crippen MR) is 67.9 cm³/mol. The zero-order valence-electron chi connectivity index (χ0n) is 10.5. The highest BCUT2D eigenvalue weighted by Gasteiger charge is 2.24. The van der Waals surface area contributed by atoms with Crippen molar-refractivity contribution in [3.8, 4) is 0 Å². The Labute approximate surface area is 113 Å². The summed E-state index contributed by atoms with van der Waals surface area (Å²) in [5.41, 5.74) is -1.72. The number of rotatable bonds is 2. The maximum Gasteiger partial charge on any atom is 0.412 e. The van der Waals surface area contributed by atoms with Crippen LogP contribution in [0.3, 0.4) is 0 Å². The number of benzene rings is 1. The van der Waals surface area contributed by atoms with Crippen molar-refractivity contribution in [2.24, 2.45) is 0 Å². The number of nitrogens with zero attached hydrogens (tertiary/aromatic N) is 1. The molecular formula is C11H12ClFN2O4. The summed E-state index contributed by atoms with van der Waals surface area (Å²) in [5, 5.41) is 12.6. The van der Waals surface area contributed by atoms with Crippen LogP contribution in [0.15, 0.2) is 12.1 Å². The Morgan fingerprint density at radius 2 is 2.05 bits per heavy atom. The number of hydrogen-bond acceptors (Lipinski definition) is 4. The fourth-order valence-corrected chi connectivity index (χ4v) is 1.48. The van der Waals surface area contributed by atoms with Gasteiger partial charge < -0.3 is 4.74 Å². The van der Waals surface area contributed by atoms with Gasteiger partial charge in [-0.15, -0.1) is 0 Å². The average Bonchev–Trinajstić information content (AvgIpc) is 2.18. The van der Waals surface area contributed by atoms with Gasteiger partial charge in [0.25, 0.3) is 5.69 Å². The molecule has 0 aliphatic heterocycles. The first-order valence-corrected chi connectivity index (χ1v) is 5.61. The molecule has 19 heavy (non-hydrogen) atoms. The molecule has 0 spiro atoms. The van der Waals surface area contributed by atoms with Gasteiger partial charge in [0, 0.05) is 0 Å². The fourth-order valence-electron chi connectivity index (χ4n) is 1.23. The van der Waals surface area contributed by atoms with E-state index in [1.807, 2.05) is 0 Å². The van der Waals surface area contributed by atoms with Crippen molar-refractivity contribution in [2.75, 3.05) is 5.32 Å². The van der Waals surface area contributed by atoms with Gasteiger partial charge in [-0.25, -0.2) is 9.18 Å². The number of nitro benzene ring substituents is 1. The highest BCUT2D eigenvalue weighted by atomic mass is 35.5. The topological polar surface area (TPSA) is 81.5 Å². The van der Waals surface area contributed by atoms with Gasteiger partial charge in [0.05, 0.1) is 16.0 Å². The zero-order chi connectivity index (χ0) is 14.8. The van der Waals surface area contributed by atoms with E-state index in [4.69, 9.17) is 16.3 Å². The van der Waals surface area contributed by atoms with E-state index in [0.717, 1.165) is 6.07 Å². The molecule has 0 aliphatic carbocycles. The minimum Gasteiger partial charge on any atom is -0.444 e. The predicted octanol–water partition coefficient (Wildman–Crippen LogP) is 3.73. The molecule has 0 atom stereocenters. The van der Waals surface area contributed by atoms with Crippen LogP contribution in [0.1, 0.15) is 20.8 Å². The van der Waals surface area contributed by atoms with Gasteiger partial charge >= 0.3 is 6.09 Å². The second-order valence-electron chi connectivity index (χ2n) is 4.67. The lowest BCUT2D eigenvalue weighted by Crippen LogP contribution is -2.27. The number of nitro groups is 1. The van der Waals surface area contributed by atoms with Crippen molar-refractivity contribution in [3.63, 3.8) is 0 Å². The number of ether oxygens (including phenoxy) is 1. The number of carbonyl (C=O) groups excluding carboxylic acids is 1. The van der Waals surface area contributed by atoms with E-state index in [9.17, 15) is 19.3 Å². The van der Waals surface area contributed by atoms with Crippen molar-refractivity contribution >= 4 is 29.1 Å². The van der Waals surface area contributed by atoms with E-state index >= 15 is 0 Å². The number of anilines is 1. The molecule has 0 aromatic heterocycles. The molecule has 0 unspecified atom stereocenters. The Bertz CT molecular complexity index is 528. The van der Waals surface area contributed by atoms with Crippen molar-refractivity contribution < 1.29 is 18.8 Å². The fraction of sp³-hybridized carbons (Fsp3) is 0.364. The summed E-state index contributed by atoms with van der Waals surface area (Å²) in [6, 6.07) is 1.53. The molecule has 0 saturated carbocycles. The van der Waals surface area contributed by atoms with E-state index in [2.05, 4.69) is 5.32 Å². The highest BCUT2D eigenvalue weighted by molar-refractivity contribution is 6.34. The molecule has 1 rings (SSSR count). The minimum atomic E-state index is -0.913. The van der Waals surface area contributed by atoms with E-state index in [-0.39, 0.29) is 10.7 Å². The van der Waals surface area contributed by atoms with E-state index in [0.29, 0.717) is 6.07 Å². The normalized spacial score (nSPS) is 11.0. The van der Waals surface area contributed by atoms with Gasteiger partial charge in [0.1, 0.15) is 17.1 Å². The Morgan fingerprint density at radius 1 is 1.47 bits per heavy atom. The molecule has 1 N–H and O–H groups in total. The monoisotopic (exact) mass is 290 g/mol. The Hall–Kier alpha value is -1.89. The van der Waals surface area contributed by atoms with Crippen LogP contribution < -0.4 is 5.32 Å². The average molecular weight is 291 g/mol. The minimum absolute atomic E-state index is 0.280. The molecule has 0 bridgehead atoms. The van der Waals surface area contributed by atoms with Crippen LogP contribution >= 0.6 is 11.6 Å². The molecule has 104 valence electrons. The summed E-state index contributed by atoms with van der Waals surface area (Å²) >= 11 is 5.68. The lowest BCUT2D eigenvalue weighted by atomic mass is 10.2. The Balaban J connectivity index is 3.07. The molecule has 0 aliphatic rings. The molecule has 0 saturated heterocycles. The third kappa shape index (κ3) is 4.36. The maximum absolute atomic E-state index is 13.0. The van der Waals surface area contributed by atoms with Crippen molar-refractivity contribution in [2.45, 2.75) is 26.4 Å². The van der Waals surface area contributed by atoms with Crippen LogP contribution in [-0.2, 0) is 4.74 Å². The van der Waals surface area contributed by atoms with E-state index in [1.54, 1.807) is 20.8 Å². The standard InChI is InChI=1S/C11H12ClFN2O4/c1-11(2,3)19-10(16)14-9-7(12)4-6(13)5-8(9)15(17)18/h4-5H,1-3H3,(H,14,16). The molecule has 6 nitrogen and oxygen atoms in total. The molecule has 8 heteroatoms. The summed E-state index contributed by atoms with van der Waals surface area (Å²) in [5.74, 6) is -0.869. The van der Waals surface area contributed by atoms with Gasteiger partial charge in [-0.05, 0) is 26.8 Å². The molecule has 0 radical (unpaired) electrons. The van der Waals surface area contributed by atoms with Crippen molar-refractivity contribution in [1.82, 2.24) is 0 Å². The maximum atomic E-state index is 13.0. The number of carbonyl (C=O) groups is 1. The van der Waals surface area contributed by atoms with Gasteiger partial charge in [0.15, 0.2) is 0 Å². The van der Waals surface area contributed by atoms with E-state index in [1.165, 1.54) is 0 Å². The third-order valence-electron chi connectivity index (χ3n) is 1.86. The first kappa shape index (κ1) is 15.2. The Kier molecular flexibility index (Phi) is 4.31. The van der Waals surface area contributed by atoms with Crippen molar-refractivity contribution in [1.29, 1.82) is 0 Å². The van der Waals surface area contributed by atoms with Crippen LogP contribution in [-0.4, -0.2) is 16.6 Å². The molecular weight excluding hydrogens is 279 g/mol. The number of halogens is 2. The molecule has 0 fully saturated rings. The SMILES string of the molecule is CC(C)(C)OC(=O)Nc1c(Cl)cc(F)cc1[N+](=O)[O-]. The summed E-state index contributed by atoms with van der Waals surface area (Å²) in [6.45, 7) is 4.90. The van der Waals surface area contributed by atoms with Crippen LogP contribution in [0.2, 0.25) is 5.02 Å². The van der Waals surface area contributed by atoms with Crippen LogP contribution in [0.25, 0.3) is 0 Å². The quantitative estimate of drug-likeness (QED) is 0.664. The third-order valence-corrected chi connectivity index (χ3v) is 2.15. The van der Waals surface area contributed by atoms with Gasteiger partial charge in [-0.3, -0.25) is 15.4 Å². The number of amides is 1. The van der Waals surface area contributed by atoms with Gasteiger partial charge in [0.2, 0.25) is 0 Å². The number of hydrogen-bond donors (Lipinski definition) is 1. The van der Waals surface area contributed by atoms with Crippen LogP contribution in [0, 0.1) is 15.9 Å². The largest absolute Gasteiger partial charge is 0.444 e. The molecule has 1 aromatic carbocycles. The lowest BCUT2D eigenvalue weighted by Gasteiger charge is -2.19. The lowest BCUT2D eigenvalue weighted by molar-refractivity contribution is -0.384. The van der Waals surface area contributed by atoms with Crippen LogP contribution in [0.4, 0.5) is 20.6 Å². The Morgan fingerprint density at radius 3 is 2.53 bits per heavy atom. The summed E-state index contributed by atoms with van der Waals surface area (Å²) in [4.78, 5) is 21.5. The van der Waals surface area contributed by atoms with Crippen LogP contribution in [0.5, 0.6) is 0 Å². The summed E-state index contributed by atoms with van der Waals surface area (Å²) < 4.78 is 18.0. The summed E-state index contributed by atoms with van der Waals surface area (Å²) in [6.07, 6.45) is -0.913. The first-order valence-electron chi connectivity index (χ1n) is 5.23. The molecule has 1 aromatic rings. The van der Waals surface area contributed by atoms with E-state index < -0.39 is 28.1 Å². The van der Waals surface area contributed by atoms with Crippen molar-refractivity contribution in [3.05, 3.63) is 33.1 Å². The number of nitrogens with one attached hydrogen (secondary N) is 1. The summed E-state index contributed by atoms with van der Waals surface area (Å²) in [7, 11) is 0. The molecule has 1 amide bonds. The highest BCUT2D eigenvalue weighted by Crippen LogP contribution is 2.33.